The van der Waals surface area contributed by atoms with Crippen LogP contribution in [0.4, 0.5) is 5.82 Å². The van der Waals surface area contributed by atoms with Crippen LogP contribution >= 0.6 is 9.41 Å². The van der Waals surface area contributed by atoms with E-state index in [4.69, 9.17) is 16.3 Å². The van der Waals surface area contributed by atoms with Gasteiger partial charge in [-0.25, -0.2) is 9.78 Å². The Morgan fingerprint density at radius 2 is 2.47 bits per heavy atom. The molecule has 1 aliphatic rings. The van der Waals surface area contributed by atoms with Gasteiger partial charge in [-0.05, 0) is 6.08 Å². The van der Waals surface area contributed by atoms with E-state index in [9.17, 15) is 14.7 Å². The number of rotatable bonds is 9. The number of hydrogen-bond donors (Lipinski definition) is 4. The van der Waals surface area contributed by atoms with E-state index >= 15 is 0 Å². The normalized spacial score (nSPS) is 22.4. The lowest BCUT2D eigenvalue weighted by atomic mass is 10.2. The molecule has 3 heterocycles. The zero-order chi connectivity index (χ0) is 22.2. The number of ether oxygens (including phenoxy) is 1. The Bertz CT molecular complexity index is 996. The fourth-order valence-electron chi connectivity index (χ4n) is 2.88. The minimum Gasteiger partial charge on any atom is -0.390 e. The molecule has 0 saturated carbocycles. The second kappa shape index (κ2) is 10.3. The molecule has 0 aliphatic carbocycles. The van der Waals surface area contributed by atoms with Gasteiger partial charge in [0.2, 0.25) is 5.91 Å². The highest BCUT2D eigenvalue weighted by Gasteiger charge is 2.35. The summed E-state index contributed by atoms with van der Waals surface area (Å²) in [7, 11) is -0.468. The lowest BCUT2D eigenvalue weighted by Gasteiger charge is -2.16. The number of nitrogens with one attached hydrogen (secondary N) is 2. The highest BCUT2D eigenvalue weighted by atomic mass is 31.0. The summed E-state index contributed by atoms with van der Waals surface area (Å²) in [5, 5.41) is 12.8. The molecular formula is C18H23N6O5P. The van der Waals surface area contributed by atoms with Crippen molar-refractivity contribution in [3.05, 3.63) is 52.6 Å². The van der Waals surface area contributed by atoms with Crippen molar-refractivity contribution < 1.29 is 19.2 Å². The van der Waals surface area contributed by atoms with Crippen molar-refractivity contribution in [1.82, 2.24) is 24.8 Å². The molecule has 3 rings (SSSR count). The second-order valence-electron chi connectivity index (χ2n) is 6.50. The Balaban J connectivity index is 1.60. The molecule has 0 bridgehead atoms. The van der Waals surface area contributed by atoms with Crippen molar-refractivity contribution in [2.75, 3.05) is 18.9 Å². The molecule has 30 heavy (non-hydrogen) atoms. The van der Waals surface area contributed by atoms with Gasteiger partial charge in [-0.3, -0.25) is 9.36 Å². The minimum atomic E-state index is -0.824. The maximum Gasteiger partial charge on any atom is 0.351 e. The quantitative estimate of drug-likeness (QED) is 0.312. The average molecular weight is 436 g/mol. The van der Waals surface area contributed by atoms with Crippen LogP contribution in [0.25, 0.3) is 12.2 Å². The predicted octanol–water partition coefficient (Wildman–Crippen LogP) is -0.153. The summed E-state index contributed by atoms with van der Waals surface area (Å²) in [6.07, 6.45) is 8.88. The summed E-state index contributed by atoms with van der Waals surface area (Å²) < 4.78 is 19.0. The van der Waals surface area contributed by atoms with Crippen molar-refractivity contribution in [2.45, 2.75) is 24.9 Å². The third kappa shape index (κ3) is 5.61. The molecule has 12 heteroatoms. The summed E-state index contributed by atoms with van der Waals surface area (Å²) in [5.74, 6) is -0.248. The third-order valence-corrected chi connectivity index (χ3v) is 4.56. The van der Waals surface area contributed by atoms with Crippen LogP contribution in [0.5, 0.6) is 0 Å². The maximum absolute atomic E-state index is 12.2. The molecule has 1 aliphatic heterocycles. The second-order valence-corrected chi connectivity index (χ2v) is 6.79. The molecule has 2 aromatic rings. The van der Waals surface area contributed by atoms with Crippen LogP contribution < -0.4 is 16.7 Å². The van der Waals surface area contributed by atoms with Gasteiger partial charge in [-0.1, -0.05) is 12.2 Å². The summed E-state index contributed by atoms with van der Waals surface area (Å²) in [6.45, 7) is 0.300. The van der Waals surface area contributed by atoms with Gasteiger partial charge in [0.25, 0.3) is 0 Å². The van der Waals surface area contributed by atoms with Gasteiger partial charge in [0, 0.05) is 40.2 Å². The fourth-order valence-corrected chi connectivity index (χ4v) is 3.04. The molecule has 0 aromatic carbocycles. The summed E-state index contributed by atoms with van der Waals surface area (Å²) in [4.78, 5) is 34.6. The number of amides is 1. The molecule has 2 aromatic heterocycles. The van der Waals surface area contributed by atoms with E-state index in [1.807, 2.05) is 0 Å². The van der Waals surface area contributed by atoms with E-state index < -0.39 is 33.5 Å². The summed E-state index contributed by atoms with van der Waals surface area (Å²) >= 11 is 0. The lowest BCUT2D eigenvalue weighted by Crippen LogP contribution is -2.29. The highest BCUT2D eigenvalue weighted by Crippen LogP contribution is 2.28. The summed E-state index contributed by atoms with van der Waals surface area (Å²) in [5.41, 5.74) is 6.41. The van der Waals surface area contributed by atoms with E-state index in [2.05, 4.69) is 20.3 Å². The number of aliphatic hydroxyl groups excluding tert-OH is 1. The number of anilines is 1. The number of aliphatic hydroxyl groups is 1. The van der Waals surface area contributed by atoms with Gasteiger partial charge in [0.05, 0.1) is 32.2 Å². The lowest BCUT2D eigenvalue weighted by molar-refractivity contribution is -0.116. The number of imidazole rings is 1. The molecule has 4 atom stereocenters. The zero-order valence-electron chi connectivity index (χ0n) is 16.9. The molecule has 0 spiro atoms. The molecule has 160 valence electrons. The Hall–Kier alpha value is -2.85. The summed E-state index contributed by atoms with van der Waals surface area (Å²) in [6, 6.07) is 0. The Morgan fingerprint density at radius 1 is 1.60 bits per heavy atom. The number of nitrogens with zero attached hydrogens (tertiary/aromatic N) is 3. The van der Waals surface area contributed by atoms with Crippen LogP contribution in [-0.2, 0) is 14.1 Å². The van der Waals surface area contributed by atoms with E-state index in [0.717, 1.165) is 0 Å². The minimum absolute atomic E-state index is 0.0387. The highest BCUT2D eigenvalue weighted by molar-refractivity contribution is 7.09. The molecule has 4 unspecified atom stereocenters. The molecule has 11 nitrogen and oxygen atoms in total. The molecular weight excluding hydrogens is 411 g/mol. The number of aromatic amines is 1. The molecule has 1 saturated heterocycles. The van der Waals surface area contributed by atoms with Crippen LogP contribution in [0.1, 0.15) is 23.9 Å². The predicted molar refractivity (Wildman–Crippen MR) is 113 cm³/mol. The van der Waals surface area contributed by atoms with E-state index in [0.29, 0.717) is 11.3 Å². The maximum atomic E-state index is 12.2. The Morgan fingerprint density at radius 3 is 3.23 bits per heavy atom. The first-order valence-corrected chi connectivity index (χ1v) is 9.50. The van der Waals surface area contributed by atoms with Gasteiger partial charge in [0.1, 0.15) is 18.1 Å². The molecule has 1 fully saturated rings. The smallest absolute Gasteiger partial charge is 0.351 e. The number of H-pyrrole nitrogens is 1. The van der Waals surface area contributed by atoms with Crippen molar-refractivity contribution in [2.24, 2.45) is 0 Å². The van der Waals surface area contributed by atoms with Gasteiger partial charge in [0.15, 0.2) is 0 Å². The number of nitrogen functional groups attached to an aromatic ring is 1. The Kier molecular flexibility index (Phi) is 6.99. The van der Waals surface area contributed by atoms with Gasteiger partial charge >= 0.3 is 5.69 Å². The van der Waals surface area contributed by atoms with Crippen molar-refractivity contribution in [3.63, 3.8) is 0 Å². The van der Waals surface area contributed by atoms with Gasteiger partial charge < -0.3 is 30.4 Å². The van der Waals surface area contributed by atoms with E-state index in [-0.39, 0.29) is 31.3 Å². The SMILES string of the molecule is [3H]POCC1OC(n2cc(/C=C/CNC(=O)/C=C/c3cnc[nH]3)c(N)nc2=O)CC1O. The van der Waals surface area contributed by atoms with Crippen molar-refractivity contribution >= 4 is 33.3 Å². The average Bonchev–Trinajstić information content (AvgIpc) is 3.39. The monoisotopic (exact) mass is 436 g/mol. The molecule has 5 N–H and O–H groups in total. The first kappa shape index (κ1) is 20.4. The Labute approximate surface area is 175 Å². The topological polar surface area (TPSA) is 157 Å². The first-order chi connectivity index (χ1) is 15.0. The van der Waals surface area contributed by atoms with Crippen LogP contribution in [0.2, 0.25) is 0 Å². The number of aromatic nitrogens is 4. The largest absolute Gasteiger partial charge is 0.390 e. The fraction of sp³-hybridized carbons (Fsp3) is 0.333. The third-order valence-electron chi connectivity index (χ3n) is 4.40. The van der Waals surface area contributed by atoms with E-state index in [1.165, 1.54) is 23.2 Å². The van der Waals surface area contributed by atoms with Gasteiger partial charge in [-0.2, -0.15) is 4.98 Å². The van der Waals surface area contributed by atoms with Crippen LogP contribution in [0.15, 0.2) is 35.7 Å². The number of carbonyl (C=O) groups is 1. The number of carbonyl (C=O) groups excluding carboxylic acids is 1. The van der Waals surface area contributed by atoms with Gasteiger partial charge in [-0.15, -0.1) is 0 Å². The van der Waals surface area contributed by atoms with Crippen molar-refractivity contribution in [3.8, 4) is 0 Å². The number of nitrogens with two attached hydrogens (primary N) is 1. The van der Waals surface area contributed by atoms with Crippen LogP contribution in [-0.4, -0.2) is 57.2 Å². The standard InChI is InChI=1S/C18H23N6O5P/c19-17-11(2-1-5-21-15(26)4-3-12-7-20-10-22-12)8-24(18(27)23-17)16-6-13(25)14(29-16)9-28-30/h1-4,7-8,10,13-14,16,25H,5-6,9,30H2,(H,20,22)(H,21,26)(H2,19,23,27)/b2-1+,4-3+/i30T. The molecule has 0 radical (unpaired) electrons. The number of hydrogen-bond acceptors (Lipinski definition) is 8. The van der Waals surface area contributed by atoms with Crippen LogP contribution in [0.3, 0.4) is 0 Å². The zero-order valence-corrected chi connectivity index (χ0v) is 16.9. The molecule has 1 amide bonds. The van der Waals surface area contributed by atoms with Crippen molar-refractivity contribution in [1.29, 1.82) is 1.28 Å². The van der Waals surface area contributed by atoms with E-state index in [1.54, 1.807) is 24.4 Å². The first-order valence-electron chi connectivity index (χ1n) is 9.59. The van der Waals surface area contributed by atoms with Crippen LogP contribution in [0, 0.1) is 0 Å².